The Morgan fingerprint density at radius 1 is 1.12 bits per heavy atom. The van der Waals surface area contributed by atoms with Crippen LogP contribution in [-0.4, -0.2) is 59.8 Å². The maximum atomic E-state index is 13.5. The van der Waals surface area contributed by atoms with Crippen LogP contribution in [0.15, 0.2) is 44.4 Å². The topological polar surface area (TPSA) is 110 Å². The van der Waals surface area contributed by atoms with E-state index in [0.717, 1.165) is 9.75 Å². The number of nitrogens with zero attached hydrogens (tertiary/aromatic N) is 4. The third-order valence-corrected chi connectivity index (χ3v) is 8.88. The number of hydrogen-bond acceptors (Lipinski definition) is 8. The number of carbonyl (C=O) groups is 1. The van der Waals surface area contributed by atoms with Crippen LogP contribution in [0.1, 0.15) is 25.8 Å². The maximum Gasteiger partial charge on any atom is 0.259 e. The highest BCUT2D eigenvalue weighted by Gasteiger charge is 2.33. The van der Waals surface area contributed by atoms with Gasteiger partial charge in [-0.25, -0.2) is 13.4 Å². The molecule has 0 radical (unpaired) electrons. The maximum absolute atomic E-state index is 13.5. The molecule has 33 heavy (non-hydrogen) atoms. The highest BCUT2D eigenvalue weighted by molar-refractivity contribution is 7.89. The van der Waals surface area contributed by atoms with Crippen LogP contribution in [0.3, 0.4) is 0 Å². The third-order valence-electron chi connectivity index (χ3n) is 5.76. The third kappa shape index (κ3) is 3.75. The average Bonchev–Trinajstić information content (AvgIpc) is 3.54. The van der Waals surface area contributed by atoms with Gasteiger partial charge in [-0.05, 0) is 45.0 Å². The van der Waals surface area contributed by atoms with Crippen LogP contribution in [0.4, 0.5) is 0 Å². The number of sulfonamides is 1. The minimum atomic E-state index is -3.60. The lowest BCUT2D eigenvalue weighted by Crippen LogP contribution is -2.50. The van der Waals surface area contributed by atoms with E-state index in [9.17, 15) is 13.2 Å². The van der Waals surface area contributed by atoms with E-state index in [2.05, 4.69) is 10.1 Å². The van der Waals surface area contributed by atoms with Crippen molar-refractivity contribution in [2.24, 2.45) is 0 Å². The van der Waals surface area contributed by atoms with Gasteiger partial charge >= 0.3 is 0 Å². The summed E-state index contributed by atoms with van der Waals surface area (Å²) < 4.78 is 38.5. The second-order valence-electron chi connectivity index (χ2n) is 7.95. The normalized spacial score (nSPS) is 15.4. The Kier molecular flexibility index (Phi) is 5.34. The molecular formula is C22H22N4O5S2. The monoisotopic (exact) mass is 486 g/mol. The molecule has 11 heteroatoms. The molecule has 4 aromatic heterocycles. The minimum Gasteiger partial charge on any atom is -0.463 e. The highest BCUT2D eigenvalue weighted by atomic mass is 32.2. The molecule has 1 amide bonds. The summed E-state index contributed by atoms with van der Waals surface area (Å²) in [4.78, 5) is 21.7. The number of fused-ring (bicyclic) bond motifs is 1. The van der Waals surface area contributed by atoms with E-state index >= 15 is 0 Å². The van der Waals surface area contributed by atoms with Crippen LogP contribution < -0.4 is 0 Å². The number of aryl methyl sites for hydroxylation is 3. The Balaban J connectivity index is 1.41. The molecule has 0 spiro atoms. The zero-order chi connectivity index (χ0) is 23.3. The fraction of sp³-hybridized carbons (Fsp3) is 0.318. The summed E-state index contributed by atoms with van der Waals surface area (Å²) in [6.45, 7) is 6.49. The number of furan rings is 1. The van der Waals surface area contributed by atoms with Crippen molar-refractivity contribution in [3.05, 3.63) is 51.5 Å². The molecular weight excluding hydrogens is 464 g/mol. The van der Waals surface area contributed by atoms with E-state index in [0.29, 0.717) is 33.0 Å². The number of rotatable bonds is 4. The Labute approximate surface area is 194 Å². The van der Waals surface area contributed by atoms with Crippen LogP contribution in [0.2, 0.25) is 0 Å². The van der Waals surface area contributed by atoms with Gasteiger partial charge in [-0.15, -0.1) is 11.3 Å². The highest BCUT2D eigenvalue weighted by Crippen LogP contribution is 2.30. The van der Waals surface area contributed by atoms with Gasteiger partial charge in [0.2, 0.25) is 10.0 Å². The molecule has 1 aliphatic heterocycles. The van der Waals surface area contributed by atoms with E-state index in [-0.39, 0.29) is 37.8 Å². The van der Waals surface area contributed by atoms with Gasteiger partial charge in [-0.1, -0.05) is 5.16 Å². The first-order valence-electron chi connectivity index (χ1n) is 10.4. The molecule has 0 N–H and O–H groups in total. The van der Waals surface area contributed by atoms with E-state index in [1.54, 1.807) is 36.1 Å². The molecule has 0 aromatic carbocycles. The molecule has 1 saturated heterocycles. The minimum absolute atomic E-state index is 0.221. The quantitative estimate of drug-likeness (QED) is 0.433. The molecule has 0 bridgehead atoms. The van der Waals surface area contributed by atoms with Crippen molar-refractivity contribution in [1.29, 1.82) is 0 Å². The molecule has 0 saturated carbocycles. The van der Waals surface area contributed by atoms with Crippen LogP contribution in [-0.2, 0) is 10.0 Å². The first kappa shape index (κ1) is 21.8. The van der Waals surface area contributed by atoms with Gasteiger partial charge in [0.1, 0.15) is 5.69 Å². The van der Waals surface area contributed by atoms with Gasteiger partial charge in [-0.3, -0.25) is 4.79 Å². The molecule has 172 valence electrons. The van der Waals surface area contributed by atoms with Crippen LogP contribution in [0.25, 0.3) is 22.6 Å². The average molecular weight is 487 g/mol. The van der Waals surface area contributed by atoms with E-state index < -0.39 is 10.0 Å². The van der Waals surface area contributed by atoms with Crippen molar-refractivity contribution in [2.75, 3.05) is 26.2 Å². The van der Waals surface area contributed by atoms with Crippen LogP contribution >= 0.6 is 11.3 Å². The fourth-order valence-corrected chi connectivity index (χ4v) is 7.06. The number of piperazine rings is 1. The number of amides is 1. The Bertz CT molecular complexity index is 1450. The van der Waals surface area contributed by atoms with Gasteiger partial charge in [0.25, 0.3) is 11.6 Å². The smallest absolute Gasteiger partial charge is 0.259 e. The molecule has 5 rings (SSSR count). The van der Waals surface area contributed by atoms with Crippen molar-refractivity contribution in [3.8, 4) is 11.5 Å². The molecule has 5 heterocycles. The van der Waals surface area contributed by atoms with Gasteiger partial charge in [0.05, 0.1) is 27.8 Å². The van der Waals surface area contributed by atoms with Crippen molar-refractivity contribution in [3.63, 3.8) is 0 Å². The van der Waals surface area contributed by atoms with E-state index in [1.165, 1.54) is 21.9 Å². The van der Waals surface area contributed by atoms with Crippen molar-refractivity contribution >= 4 is 38.4 Å². The lowest BCUT2D eigenvalue weighted by atomic mass is 10.1. The zero-order valence-corrected chi connectivity index (χ0v) is 20.0. The standard InChI is InChI=1S/C22H22N4O5S2/c1-13-11-19(15(3)32-13)33(28,29)26-8-6-25(7-9-26)22(27)16-12-17(18-5-4-10-30-18)23-21-20(16)14(2)24-31-21/h4-5,10-12H,6-9H2,1-3H3. The van der Waals surface area contributed by atoms with Crippen LogP contribution in [0, 0.1) is 20.8 Å². The Hall–Kier alpha value is -3.02. The molecule has 4 aromatic rings. The predicted molar refractivity (Wildman–Crippen MR) is 123 cm³/mol. The Morgan fingerprint density at radius 2 is 1.88 bits per heavy atom. The second kappa shape index (κ2) is 8.08. The van der Waals surface area contributed by atoms with E-state index in [4.69, 9.17) is 8.94 Å². The summed E-state index contributed by atoms with van der Waals surface area (Å²) in [6, 6.07) is 6.88. The fourth-order valence-electron chi connectivity index (χ4n) is 4.12. The summed E-state index contributed by atoms with van der Waals surface area (Å²) in [5.41, 5.74) is 1.70. The summed E-state index contributed by atoms with van der Waals surface area (Å²) in [7, 11) is -3.60. The van der Waals surface area contributed by atoms with Gasteiger partial charge < -0.3 is 13.8 Å². The second-order valence-corrected chi connectivity index (χ2v) is 11.3. The SMILES string of the molecule is Cc1cc(S(=O)(=O)N2CCN(C(=O)c3cc(-c4ccco4)nc4onc(C)c34)CC2)c(C)s1. The number of hydrogen-bond donors (Lipinski definition) is 0. The molecule has 1 fully saturated rings. The van der Waals surface area contributed by atoms with Gasteiger partial charge in [0.15, 0.2) is 5.76 Å². The van der Waals surface area contributed by atoms with Gasteiger partial charge in [0, 0.05) is 35.9 Å². The number of aromatic nitrogens is 2. The predicted octanol–water partition coefficient (Wildman–Crippen LogP) is 3.62. The molecule has 1 aliphatic rings. The number of pyridine rings is 1. The molecule has 9 nitrogen and oxygen atoms in total. The lowest BCUT2D eigenvalue weighted by molar-refractivity contribution is 0.0699. The first-order chi connectivity index (χ1) is 15.8. The summed E-state index contributed by atoms with van der Waals surface area (Å²) in [5, 5.41) is 4.52. The number of carbonyl (C=O) groups excluding carboxylic acids is 1. The zero-order valence-electron chi connectivity index (χ0n) is 18.4. The van der Waals surface area contributed by atoms with E-state index in [1.807, 2.05) is 13.8 Å². The molecule has 0 aliphatic carbocycles. The van der Waals surface area contributed by atoms with Crippen molar-refractivity contribution in [1.82, 2.24) is 19.3 Å². The first-order valence-corrected chi connectivity index (χ1v) is 12.7. The Morgan fingerprint density at radius 3 is 2.52 bits per heavy atom. The molecule has 0 atom stereocenters. The van der Waals surface area contributed by atoms with Crippen LogP contribution in [0.5, 0.6) is 0 Å². The summed E-state index contributed by atoms with van der Waals surface area (Å²) >= 11 is 1.47. The van der Waals surface area contributed by atoms with Crippen molar-refractivity contribution in [2.45, 2.75) is 25.7 Å². The van der Waals surface area contributed by atoms with Crippen molar-refractivity contribution < 1.29 is 22.2 Å². The summed E-state index contributed by atoms with van der Waals surface area (Å²) in [6.07, 6.45) is 1.53. The number of thiophene rings is 1. The largest absolute Gasteiger partial charge is 0.463 e. The lowest BCUT2D eigenvalue weighted by Gasteiger charge is -2.34. The molecule has 0 unspecified atom stereocenters. The van der Waals surface area contributed by atoms with Gasteiger partial charge in [-0.2, -0.15) is 4.31 Å². The summed E-state index contributed by atoms with van der Waals surface area (Å²) in [5.74, 6) is 0.290.